The van der Waals surface area contributed by atoms with Crippen molar-refractivity contribution >= 4 is 17.2 Å². The fourth-order valence-corrected chi connectivity index (χ4v) is 3.49. The zero-order valence-corrected chi connectivity index (χ0v) is 15.0. The highest BCUT2D eigenvalue weighted by atomic mass is 32.1. The molecule has 2 N–H and O–H groups in total. The minimum Gasteiger partial charge on any atom is -0.390 e. The van der Waals surface area contributed by atoms with E-state index in [1.165, 1.54) is 19.2 Å². The second kappa shape index (κ2) is 7.42. The molecule has 0 radical (unpaired) electrons. The Morgan fingerprint density at radius 3 is 2.92 bits per heavy atom. The third-order valence-electron chi connectivity index (χ3n) is 4.23. The van der Waals surface area contributed by atoms with Crippen LogP contribution in [0.2, 0.25) is 0 Å². The van der Waals surface area contributed by atoms with Crippen molar-refractivity contribution in [3.63, 3.8) is 0 Å². The molecule has 0 spiro atoms. The van der Waals surface area contributed by atoms with Gasteiger partial charge in [0.15, 0.2) is 0 Å². The van der Waals surface area contributed by atoms with Crippen molar-refractivity contribution in [3.05, 3.63) is 44.3 Å². The van der Waals surface area contributed by atoms with Crippen LogP contribution in [0.1, 0.15) is 27.6 Å². The second-order valence-electron chi connectivity index (χ2n) is 6.21. The summed E-state index contributed by atoms with van der Waals surface area (Å²) >= 11 is 1.61. The summed E-state index contributed by atoms with van der Waals surface area (Å²) in [5, 5.41) is 20.2. The summed E-state index contributed by atoms with van der Waals surface area (Å²) < 4.78 is 1.11. The highest BCUT2D eigenvalue weighted by molar-refractivity contribution is 7.09. The lowest BCUT2D eigenvalue weighted by atomic mass is 10.0. The van der Waals surface area contributed by atoms with E-state index in [9.17, 15) is 14.7 Å². The molecule has 134 valence electrons. The van der Waals surface area contributed by atoms with Gasteiger partial charge in [-0.05, 0) is 19.4 Å². The first-order valence-corrected chi connectivity index (χ1v) is 8.97. The molecule has 0 aromatic carbocycles. The van der Waals surface area contributed by atoms with Crippen molar-refractivity contribution in [2.45, 2.75) is 32.0 Å². The molecule has 3 rings (SSSR count). The Labute approximate surface area is 149 Å². The van der Waals surface area contributed by atoms with Crippen molar-refractivity contribution in [2.75, 3.05) is 13.1 Å². The fraction of sp³-hybridized carbons (Fsp3) is 0.500. The van der Waals surface area contributed by atoms with E-state index in [2.05, 4.69) is 20.3 Å². The number of aryl methyl sites for hydroxylation is 2. The number of rotatable bonds is 4. The zero-order chi connectivity index (χ0) is 18.0. The maximum absolute atomic E-state index is 12.3. The molecule has 8 nitrogen and oxygen atoms in total. The molecule has 2 atom stereocenters. The van der Waals surface area contributed by atoms with Crippen LogP contribution < -0.4 is 10.9 Å². The van der Waals surface area contributed by atoms with Crippen LogP contribution in [0.15, 0.2) is 22.3 Å². The van der Waals surface area contributed by atoms with Gasteiger partial charge in [0.25, 0.3) is 11.5 Å². The summed E-state index contributed by atoms with van der Waals surface area (Å²) in [5.74, 6) is -0.386. The number of carbonyl (C=O) groups excluding carboxylic acids is 1. The van der Waals surface area contributed by atoms with Crippen molar-refractivity contribution in [1.82, 2.24) is 25.0 Å². The molecule has 0 aliphatic carbocycles. The first kappa shape index (κ1) is 17.7. The number of carbonyl (C=O) groups is 1. The van der Waals surface area contributed by atoms with Crippen LogP contribution in [0.4, 0.5) is 0 Å². The molecule has 25 heavy (non-hydrogen) atoms. The molecule has 0 saturated carbocycles. The van der Waals surface area contributed by atoms with Gasteiger partial charge in [-0.2, -0.15) is 5.10 Å². The van der Waals surface area contributed by atoms with Gasteiger partial charge in [-0.3, -0.25) is 14.5 Å². The van der Waals surface area contributed by atoms with Crippen LogP contribution in [0, 0.1) is 6.92 Å². The molecule has 1 fully saturated rings. The fourth-order valence-electron chi connectivity index (χ4n) is 2.88. The number of aliphatic hydroxyl groups is 1. The van der Waals surface area contributed by atoms with Gasteiger partial charge in [-0.15, -0.1) is 11.3 Å². The molecule has 1 aliphatic heterocycles. The van der Waals surface area contributed by atoms with Crippen molar-refractivity contribution in [1.29, 1.82) is 0 Å². The Kier molecular flexibility index (Phi) is 5.26. The van der Waals surface area contributed by atoms with Gasteiger partial charge in [0.1, 0.15) is 5.69 Å². The molecule has 0 unspecified atom stereocenters. The average Bonchev–Trinajstić information content (AvgIpc) is 2.97. The van der Waals surface area contributed by atoms with Gasteiger partial charge in [-0.25, -0.2) is 9.67 Å². The second-order valence-corrected chi connectivity index (χ2v) is 7.27. The van der Waals surface area contributed by atoms with Crippen LogP contribution in [0.3, 0.4) is 0 Å². The van der Waals surface area contributed by atoms with Crippen molar-refractivity contribution in [3.8, 4) is 0 Å². The van der Waals surface area contributed by atoms with Gasteiger partial charge >= 0.3 is 0 Å². The van der Waals surface area contributed by atoms with Crippen LogP contribution in [-0.2, 0) is 13.6 Å². The molecule has 3 heterocycles. The molecule has 9 heteroatoms. The number of nitrogens with one attached hydrogen (secondary N) is 1. The normalized spacial score (nSPS) is 21.2. The molecular weight excluding hydrogens is 342 g/mol. The maximum atomic E-state index is 12.3. The predicted molar refractivity (Wildman–Crippen MR) is 93.5 cm³/mol. The highest BCUT2D eigenvalue weighted by Crippen LogP contribution is 2.16. The number of likely N-dealkylation sites (tertiary alicyclic amines) is 1. The summed E-state index contributed by atoms with van der Waals surface area (Å²) in [7, 11) is 1.49. The number of amides is 1. The van der Waals surface area contributed by atoms with Gasteiger partial charge < -0.3 is 10.4 Å². The smallest absolute Gasteiger partial charge is 0.272 e. The van der Waals surface area contributed by atoms with E-state index in [0.29, 0.717) is 19.5 Å². The molecule has 1 amide bonds. The van der Waals surface area contributed by atoms with Gasteiger partial charge in [-0.1, -0.05) is 0 Å². The first-order valence-electron chi connectivity index (χ1n) is 8.09. The lowest BCUT2D eigenvalue weighted by molar-refractivity contribution is 0.0344. The maximum Gasteiger partial charge on any atom is 0.272 e. The topological polar surface area (TPSA) is 100 Å². The van der Waals surface area contributed by atoms with Crippen LogP contribution in [0.25, 0.3) is 0 Å². The largest absolute Gasteiger partial charge is 0.390 e. The van der Waals surface area contributed by atoms with Crippen LogP contribution in [0.5, 0.6) is 0 Å². The van der Waals surface area contributed by atoms with Crippen LogP contribution in [-0.4, -0.2) is 55.9 Å². The summed E-state index contributed by atoms with van der Waals surface area (Å²) in [4.78, 5) is 30.2. The van der Waals surface area contributed by atoms with E-state index in [0.717, 1.165) is 21.9 Å². The lowest BCUT2D eigenvalue weighted by Crippen LogP contribution is -2.54. The van der Waals surface area contributed by atoms with Crippen LogP contribution >= 0.6 is 11.3 Å². The summed E-state index contributed by atoms with van der Waals surface area (Å²) in [6, 6.07) is 2.36. The molecule has 0 bridgehead atoms. The van der Waals surface area contributed by atoms with E-state index in [-0.39, 0.29) is 23.2 Å². The quantitative estimate of drug-likeness (QED) is 0.788. The minimum absolute atomic E-state index is 0.162. The predicted octanol–water partition coefficient (Wildman–Crippen LogP) is -0.0896. The van der Waals surface area contributed by atoms with Gasteiger partial charge in [0.05, 0.1) is 22.8 Å². The Morgan fingerprint density at radius 2 is 2.28 bits per heavy atom. The monoisotopic (exact) mass is 363 g/mol. The number of piperidine rings is 1. The van der Waals surface area contributed by atoms with E-state index < -0.39 is 6.10 Å². The molecule has 2 aromatic heterocycles. The lowest BCUT2D eigenvalue weighted by Gasteiger charge is -2.35. The number of β-amino-alcohol motifs (C(OH)–C–C–N with tert-alkyl or cyclic N) is 1. The van der Waals surface area contributed by atoms with E-state index in [1.807, 2.05) is 12.3 Å². The molecular formula is C16H21N5O3S. The van der Waals surface area contributed by atoms with Gasteiger partial charge in [0.2, 0.25) is 0 Å². The Bertz CT molecular complexity index is 818. The molecule has 2 aromatic rings. The highest BCUT2D eigenvalue weighted by Gasteiger charge is 2.29. The van der Waals surface area contributed by atoms with Gasteiger partial charge in [0, 0.05) is 38.1 Å². The number of hydrogen-bond acceptors (Lipinski definition) is 7. The number of aromatic nitrogens is 3. The minimum atomic E-state index is -0.662. The summed E-state index contributed by atoms with van der Waals surface area (Å²) in [6.07, 6.45) is -0.0214. The third-order valence-corrected chi connectivity index (χ3v) is 5.05. The third kappa shape index (κ3) is 4.30. The molecule has 1 saturated heterocycles. The number of aliphatic hydroxyl groups excluding tert-OH is 1. The number of thiazole rings is 1. The van der Waals surface area contributed by atoms with Crippen molar-refractivity contribution in [2.24, 2.45) is 7.05 Å². The molecule has 1 aliphatic rings. The first-order chi connectivity index (χ1) is 11.9. The standard InChI is InChI=1S/C16H21N5O3S/c1-10-17-11(9-25-10)7-21-6-5-12(14(22)8-21)18-16(24)13-3-4-15(23)20(2)19-13/h3-4,9,12,14,22H,5-8H2,1-2H3,(H,18,24)/t12-,14-/m1/s1. The Hall–Kier alpha value is -2.10. The van der Waals surface area contributed by atoms with E-state index in [1.54, 1.807) is 11.3 Å². The summed E-state index contributed by atoms with van der Waals surface area (Å²) in [5.41, 5.74) is 0.892. The van der Waals surface area contributed by atoms with E-state index >= 15 is 0 Å². The Balaban J connectivity index is 1.56. The van der Waals surface area contributed by atoms with Crippen molar-refractivity contribution < 1.29 is 9.90 Å². The summed E-state index contributed by atoms with van der Waals surface area (Å²) in [6.45, 7) is 3.91. The number of hydrogen-bond donors (Lipinski definition) is 2. The van der Waals surface area contributed by atoms with E-state index in [4.69, 9.17) is 0 Å². The Morgan fingerprint density at radius 1 is 1.48 bits per heavy atom. The average molecular weight is 363 g/mol. The zero-order valence-electron chi connectivity index (χ0n) is 14.2. The SMILES string of the molecule is Cc1nc(CN2CC[C@@H](NC(=O)c3ccc(=O)n(C)n3)[C@H](O)C2)cs1. The number of nitrogens with zero attached hydrogens (tertiary/aromatic N) is 4.